The fourth-order valence-electron chi connectivity index (χ4n) is 2.24. The second-order valence-electron chi connectivity index (χ2n) is 5.00. The molecule has 0 bridgehead atoms. The van der Waals surface area contributed by atoms with Crippen LogP contribution in [0.3, 0.4) is 0 Å². The molecule has 4 nitrogen and oxygen atoms in total. The Morgan fingerprint density at radius 1 is 0.957 bits per heavy atom. The lowest BCUT2D eigenvalue weighted by Crippen LogP contribution is -2.30. The van der Waals surface area contributed by atoms with Crippen molar-refractivity contribution in [2.75, 3.05) is 23.7 Å². The van der Waals surface area contributed by atoms with Gasteiger partial charge >= 0.3 is 0 Å². The van der Waals surface area contributed by atoms with E-state index in [-0.39, 0.29) is 5.91 Å². The largest absolute Gasteiger partial charge is 0.339 e. The molecule has 0 aliphatic rings. The Bertz CT molecular complexity index is 669. The number of carbonyl (C=O) groups excluding carboxylic acids is 1. The maximum absolute atomic E-state index is 12.4. The quantitative estimate of drug-likeness (QED) is 0.816. The highest BCUT2D eigenvalue weighted by Gasteiger charge is 2.12. The van der Waals surface area contributed by atoms with E-state index in [0.717, 1.165) is 11.4 Å². The van der Waals surface area contributed by atoms with Crippen LogP contribution in [0.4, 0.5) is 11.4 Å². The average Bonchev–Trinajstić information content (AvgIpc) is 2.57. The number of anilines is 2. The van der Waals surface area contributed by atoms with Crippen LogP contribution in [0.15, 0.2) is 54.6 Å². The first-order valence-corrected chi connectivity index (χ1v) is 8.07. The Hall–Kier alpha value is -2.40. The Morgan fingerprint density at radius 2 is 1.57 bits per heavy atom. The van der Waals surface area contributed by atoms with Crippen molar-refractivity contribution in [3.8, 4) is 0 Å². The second kappa shape index (κ2) is 8.29. The Labute approximate surface area is 142 Å². The second-order valence-corrected chi connectivity index (χ2v) is 5.41. The van der Waals surface area contributed by atoms with Crippen molar-refractivity contribution in [3.63, 3.8) is 0 Å². The molecule has 2 aromatic carbocycles. The summed E-state index contributed by atoms with van der Waals surface area (Å²) in [6.07, 6.45) is 0. The summed E-state index contributed by atoms with van der Waals surface area (Å²) in [4.78, 5) is 14.2. The van der Waals surface area contributed by atoms with E-state index in [1.807, 2.05) is 68.4 Å². The van der Waals surface area contributed by atoms with Crippen molar-refractivity contribution in [2.24, 2.45) is 0 Å². The zero-order chi connectivity index (χ0) is 16.7. The molecule has 0 fully saturated rings. The smallest absolute Gasteiger partial charge is 0.253 e. The molecule has 0 unspecified atom stereocenters. The van der Waals surface area contributed by atoms with Gasteiger partial charge in [-0.2, -0.15) is 0 Å². The zero-order valence-electron chi connectivity index (χ0n) is 13.4. The van der Waals surface area contributed by atoms with E-state index in [1.54, 1.807) is 4.90 Å². The van der Waals surface area contributed by atoms with Gasteiger partial charge < -0.3 is 15.5 Å². The molecule has 2 N–H and O–H groups in total. The van der Waals surface area contributed by atoms with Gasteiger partial charge in [0.05, 0.1) is 0 Å². The third-order valence-electron chi connectivity index (χ3n) is 3.45. The molecule has 0 radical (unpaired) electrons. The average molecular weight is 327 g/mol. The molecule has 0 aliphatic heterocycles. The van der Waals surface area contributed by atoms with Gasteiger partial charge in [0.25, 0.3) is 5.91 Å². The number of hydrogen-bond acceptors (Lipinski definition) is 2. The Morgan fingerprint density at radius 3 is 2.22 bits per heavy atom. The first-order valence-electron chi connectivity index (χ1n) is 7.66. The van der Waals surface area contributed by atoms with Gasteiger partial charge in [-0.15, -0.1) is 0 Å². The van der Waals surface area contributed by atoms with E-state index in [1.165, 1.54) is 0 Å². The van der Waals surface area contributed by atoms with Crippen LogP contribution in [0.1, 0.15) is 24.2 Å². The maximum Gasteiger partial charge on any atom is 0.253 e. The summed E-state index contributed by atoms with van der Waals surface area (Å²) in [6.45, 7) is 5.34. The fourth-order valence-corrected chi connectivity index (χ4v) is 2.47. The molecule has 0 aromatic heterocycles. The Balaban J connectivity index is 2.05. The van der Waals surface area contributed by atoms with E-state index >= 15 is 0 Å². The molecule has 0 atom stereocenters. The van der Waals surface area contributed by atoms with Gasteiger partial charge in [-0.1, -0.05) is 24.3 Å². The van der Waals surface area contributed by atoms with Crippen molar-refractivity contribution >= 4 is 34.6 Å². The molecule has 0 heterocycles. The molecule has 120 valence electrons. The molecule has 0 saturated heterocycles. The number of hydrogen-bond donors (Lipinski definition) is 2. The van der Waals surface area contributed by atoms with Crippen molar-refractivity contribution < 1.29 is 4.79 Å². The zero-order valence-corrected chi connectivity index (χ0v) is 14.2. The topological polar surface area (TPSA) is 44.4 Å². The molecule has 23 heavy (non-hydrogen) atoms. The van der Waals surface area contributed by atoms with E-state index in [4.69, 9.17) is 12.2 Å². The first-order chi connectivity index (χ1) is 11.1. The predicted molar refractivity (Wildman–Crippen MR) is 100.0 cm³/mol. The van der Waals surface area contributed by atoms with Crippen LogP contribution < -0.4 is 10.6 Å². The van der Waals surface area contributed by atoms with Crippen LogP contribution in [0, 0.1) is 0 Å². The number of thiocarbonyl (C=S) groups is 1. The van der Waals surface area contributed by atoms with E-state index < -0.39 is 0 Å². The normalized spacial score (nSPS) is 10.0. The SMILES string of the molecule is CCN(CC)C(=O)c1cccc(NC(=S)Nc2ccccc2)c1. The molecule has 1 amide bonds. The van der Waals surface area contributed by atoms with Crippen LogP contribution in [-0.4, -0.2) is 29.0 Å². The summed E-state index contributed by atoms with van der Waals surface area (Å²) < 4.78 is 0. The highest BCUT2D eigenvalue weighted by atomic mass is 32.1. The lowest BCUT2D eigenvalue weighted by Gasteiger charge is -2.19. The minimum atomic E-state index is 0.0283. The van der Waals surface area contributed by atoms with Gasteiger partial charge in [0.1, 0.15) is 0 Å². The van der Waals surface area contributed by atoms with E-state index in [0.29, 0.717) is 23.8 Å². The van der Waals surface area contributed by atoms with Crippen LogP contribution in [-0.2, 0) is 0 Å². The maximum atomic E-state index is 12.4. The number of carbonyl (C=O) groups is 1. The molecule has 2 rings (SSSR count). The van der Waals surface area contributed by atoms with Crippen LogP contribution >= 0.6 is 12.2 Å². The van der Waals surface area contributed by atoms with Crippen molar-refractivity contribution in [2.45, 2.75) is 13.8 Å². The van der Waals surface area contributed by atoms with E-state index in [9.17, 15) is 4.79 Å². The third-order valence-corrected chi connectivity index (χ3v) is 3.65. The lowest BCUT2D eigenvalue weighted by atomic mass is 10.1. The van der Waals surface area contributed by atoms with E-state index in [2.05, 4.69) is 10.6 Å². The number of rotatable bonds is 5. The summed E-state index contributed by atoms with van der Waals surface area (Å²) >= 11 is 5.31. The van der Waals surface area contributed by atoms with Crippen molar-refractivity contribution in [1.82, 2.24) is 4.90 Å². The Kier molecular flexibility index (Phi) is 6.11. The van der Waals surface area contributed by atoms with Gasteiger partial charge in [0.15, 0.2) is 5.11 Å². The number of para-hydroxylation sites is 1. The molecular formula is C18H21N3OS. The summed E-state index contributed by atoms with van der Waals surface area (Å²) in [5.74, 6) is 0.0283. The molecule has 2 aromatic rings. The molecule has 0 spiro atoms. The molecule has 0 saturated carbocycles. The lowest BCUT2D eigenvalue weighted by molar-refractivity contribution is 0.0773. The summed E-state index contributed by atoms with van der Waals surface area (Å²) in [5.41, 5.74) is 2.36. The van der Waals surface area contributed by atoms with Crippen LogP contribution in [0.2, 0.25) is 0 Å². The van der Waals surface area contributed by atoms with Crippen LogP contribution in [0.5, 0.6) is 0 Å². The third kappa shape index (κ3) is 4.79. The van der Waals surface area contributed by atoms with Gasteiger partial charge in [-0.05, 0) is 56.4 Å². The summed E-state index contributed by atoms with van der Waals surface area (Å²) in [6, 6.07) is 17.1. The number of benzene rings is 2. The number of nitrogens with zero attached hydrogens (tertiary/aromatic N) is 1. The molecule has 0 aliphatic carbocycles. The van der Waals surface area contributed by atoms with Crippen molar-refractivity contribution in [3.05, 3.63) is 60.2 Å². The van der Waals surface area contributed by atoms with Gasteiger partial charge in [-0.25, -0.2) is 0 Å². The summed E-state index contributed by atoms with van der Waals surface area (Å²) in [7, 11) is 0. The van der Waals surface area contributed by atoms with Gasteiger partial charge in [0, 0.05) is 30.0 Å². The predicted octanol–water partition coefficient (Wildman–Crippen LogP) is 3.98. The minimum Gasteiger partial charge on any atom is -0.339 e. The minimum absolute atomic E-state index is 0.0283. The monoisotopic (exact) mass is 327 g/mol. The fraction of sp³-hybridized carbons (Fsp3) is 0.222. The highest BCUT2D eigenvalue weighted by molar-refractivity contribution is 7.80. The number of amides is 1. The van der Waals surface area contributed by atoms with Gasteiger partial charge in [-0.3, -0.25) is 4.79 Å². The highest BCUT2D eigenvalue weighted by Crippen LogP contribution is 2.14. The summed E-state index contributed by atoms with van der Waals surface area (Å²) in [5, 5.41) is 6.71. The van der Waals surface area contributed by atoms with Crippen molar-refractivity contribution in [1.29, 1.82) is 0 Å². The first kappa shape index (κ1) is 17.0. The van der Waals surface area contributed by atoms with Gasteiger partial charge in [0.2, 0.25) is 0 Å². The molecular weight excluding hydrogens is 306 g/mol. The standard InChI is InChI=1S/C18H21N3OS/c1-3-21(4-2)17(22)14-9-8-12-16(13-14)20-18(23)19-15-10-6-5-7-11-15/h5-13H,3-4H2,1-2H3,(H2,19,20,23). The number of nitrogens with one attached hydrogen (secondary N) is 2. The van der Waals surface area contributed by atoms with Crippen LogP contribution in [0.25, 0.3) is 0 Å². The molecule has 5 heteroatoms.